The first-order chi connectivity index (χ1) is 10.5. The SMILES string of the molecule is CN(CCc1ccccc1F)C(=O)c1ccc(C(=O)O)cc1. The maximum Gasteiger partial charge on any atom is 0.335 e. The van der Waals surface area contributed by atoms with Crippen molar-refractivity contribution in [3.8, 4) is 0 Å². The van der Waals surface area contributed by atoms with E-state index in [-0.39, 0.29) is 17.3 Å². The highest BCUT2D eigenvalue weighted by atomic mass is 19.1. The van der Waals surface area contributed by atoms with Crippen LogP contribution >= 0.6 is 0 Å². The number of nitrogens with zero attached hydrogens (tertiary/aromatic N) is 1. The average molecular weight is 301 g/mol. The van der Waals surface area contributed by atoms with Gasteiger partial charge in [-0.15, -0.1) is 0 Å². The number of likely N-dealkylation sites (N-methyl/N-ethyl adjacent to an activating group) is 1. The number of hydrogen-bond donors (Lipinski definition) is 1. The van der Waals surface area contributed by atoms with Crippen molar-refractivity contribution in [1.82, 2.24) is 4.90 Å². The summed E-state index contributed by atoms with van der Waals surface area (Å²) in [6, 6.07) is 12.2. The molecule has 2 aromatic rings. The van der Waals surface area contributed by atoms with Gasteiger partial charge in [0, 0.05) is 19.2 Å². The fourth-order valence-corrected chi connectivity index (χ4v) is 2.07. The van der Waals surface area contributed by atoms with Crippen LogP contribution in [0.2, 0.25) is 0 Å². The molecule has 0 spiro atoms. The molecule has 0 atom stereocenters. The van der Waals surface area contributed by atoms with Gasteiger partial charge in [0.05, 0.1) is 5.56 Å². The molecule has 0 aromatic heterocycles. The summed E-state index contributed by atoms with van der Waals surface area (Å²) in [7, 11) is 1.63. The molecule has 2 rings (SSSR count). The van der Waals surface area contributed by atoms with Gasteiger partial charge in [0.2, 0.25) is 0 Å². The molecule has 0 unspecified atom stereocenters. The Morgan fingerprint density at radius 1 is 1.05 bits per heavy atom. The molecule has 0 aliphatic carbocycles. The minimum atomic E-state index is -1.04. The van der Waals surface area contributed by atoms with Gasteiger partial charge >= 0.3 is 5.97 Å². The van der Waals surface area contributed by atoms with Gasteiger partial charge in [-0.05, 0) is 42.3 Å². The van der Waals surface area contributed by atoms with E-state index in [9.17, 15) is 14.0 Å². The Morgan fingerprint density at radius 3 is 2.23 bits per heavy atom. The molecule has 22 heavy (non-hydrogen) atoms. The van der Waals surface area contributed by atoms with Crippen molar-refractivity contribution in [3.63, 3.8) is 0 Å². The predicted octanol–water partition coefficient (Wildman–Crippen LogP) is 2.84. The molecule has 0 saturated carbocycles. The van der Waals surface area contributed by atoms with Gasteiger partial charge in [0.15, 0.2) is 0 Å². The monoisotopic (exact) mass is 301 g/mol. The van der Waals surface area contributed by atoms with Crippen LogP contribution in [0.15, 0.2) is 48.5 Å². The second-order valence-electron chi connectivity index (χ2n) is 4.95. The average Bonchev–Trinajstić information content (AvgIpc) is 2.53. The lowest BCUT2D eigenvalue weighted by atomic mass is 10.1. The van der Waals surface area contributed by atoms with Crippen LogP contribution < -0.4 is 0 Å². The normalized spacial score (nSPS) is 10.3. The zero-order chi connectivity index (χ0) is 16.1. The van der Waals surface area contributed by atoms with Crippen LogP contribution in [0.25, 0.3) is 0 Å². The van der Waals surface area contributed by atoms with E-state index in [0.29, 0.717) is 24.1 Å². The van der Waals surface area contributed by atoms with Gasteiger partial charge in [-0.1, -0.05) is 18.2 Å². The van der Waals surface area contributed by atoms with Gasteiger partial charge < -0.3 is 10.0 Å². The van der Waals surface area contributed by atoms with Gasteiger partial charge in [0.1, 0.15) is 5.82 Å². The molecule has 5 heteroatoms. The molecule has 0 aliphatic heterocycles. The first kappa shape index (κ1) is 15.7. The maximum absolute atomic E-state index is 13.5. The molecule has 1 amide bonds. The van der Waals surface area contributed by atoms with Crippen LogP contribution in [0.1, 0.15) is 26.3 Å². The van der Waals surface area contributed by atoms with Gasteiger partial charge in [0.25, 0.3) is 5.91 Å². The summed E-state index contributed by atoms with van der Waals surface area (Å²) in [5.74, 6) is -1.55. The topological polar surface area (TPSA) is 57.6 Å². The molecular formula is C17H16FNO3. The molecular weight excluding hydrogens is 285 g/mol. The van der Waals surface area contributed by atoms with Gasteiger partial charge in [-0.2, -0.15) is 0 Å². The molecule has 1 N–H and O–H groups in total. The van der Waals surface area contributed by atoms with E-state index >= 15 is 0 Å². The molecule has 2 aromatic carbocycles. The summed E-state index contributed by atoms with van der Waals surface area (Å²) in [4.78, 5) is 24.5. The van der Waals surface area contributed by atoms with Crippen molar-refractivity contribution in [2.24, 2.45) is 0 Å². The summed E-state index contributed by atoms with van der Waals surface area (Å²) < 4.78 is 13.5. The maximum atomic E-state index is 13.5. The number of carboxylic acids is 1. The van der Waals surface area contributed by atoms with E-state index in [0.717, 1.165) is 0 Å². The zero-order valence-corrected chi connectivity index (χ0v) is 12.1. The molecule has 0 saturated heterocycles. The minimum absolute atomic E-state index is 0.130. The van der Waals surface area contributed by atoms with Crippen LogP contribution in [0.5, 0.6) is 0 Å². The van der Waals surface area contributed by atoms with Crippen molar-refractivity contribution in [1.29, 1.82) is 0 Å². The Balaban J connectivity index is 2.00. The van der Waals surface area contributed by atoms with E-state index < -0.39 is 5.97 Å². The van der Waals surface area contributed by atoms with Crippen molar-refractivity contribution in [2.75, 3.05) is 13.6 Å². The molecule has 0 radical (unpaired) electrons. The Bertz CT molecular complexity index is 683. The lowest BCUT2D eigenvalue weighted by Crippen LogP contribution is -2.29. The fourth-order valence-electron chi connectivity index (χ4n) is 2.07. The van der Waals surface area contributed by atoms with E-state index in [1.807, 2.05) is 0 Å². The van der Waals surface area contributed by atoms with Crippen LogP contribution in [-0.4, -0.2) is 35.5 Å². The van der Waals surface area contributed by atoms with Gasteiger partial charge in [-0.25, -0.2) is 9.18 Å². The summed E-state index contributed by atoms with van der Waals surface area (Å²) in [5.41, 5.74) is 1.09. The Morgan fingerprint density at radius 2 is 1.64 bits per heavy atom. The second-order valence-corrected chi connectivity index (χ2v) is 4.95. The van der Waals surface area contributed by atoms with Gasteiger partial charge in [-0.3, -0.25) is 4.79 Å². The van der Waals surface area contributed by atoms with Crippen LogP contribution in [0.4, 0.5) is 4.39 Å². The van der Waals surface area contributed by atoms with E-state index in [1.165, 1.54) is 35.2 Å². The van der Waals surface area contributed by atoms with Crippen molar-refractivity contribution in [2.45, 2.75) is 6.42 Å². The Hall–Kier alpha value is -2.69. The van der Waals surface area contributed by atoms with Crippen LogP contribution in [0.3, 0.4) is 0 Å². The number of carbonyl (C=O) groups excluding carboxylic acids is 1. The highest BCUT2D eigenvalue weighted by Gasteiger charge is 2.13. The summed E-state index contributed by atoms with van der Waals surface area (Å²) in [6.07, 6.45) is 0.419. The van der Waals surface area contributed by atoms with Crippen molar-refractivity contribution in [3.05, 3.63) is 71.0 Å². The third-order valence-corrected chi connectivity index (χ3v) is 3.40. The predicted molar refractivity (Wildman–Crippen MR) is 80.5 cm³/mol. The first-order valence-electron chi connectivity index (χ1n) is 6.81. The number of halogens is 1. The largest absolute Gasteiger partial charge is 0.478 e. The molecule has 4 nitrogen and oxygen atoms in total. The highest BCUT2D eigenvalue weighted by molar-refractivity contribution is 5.95. The lowest BCUT2D eigenvalue weighted by molar-refractivity contribution is 0.0695. The molecule has 0 heterocycles. The number of carbonyl (C=O) groups is 2. The number of benzene rings is 2. The Kier molecular flexibility index (Phi) is 4.88. The van der Waals surface area contributed by atoms with Crippen molar-refractivity contribution >= 4 is 11.9 Å². The van der Waals surface area contributed by atoms with E-state index in [2.05, 4.69) is 0 Å². The number of rotatable bonds is 5. The number of hydrogen-bond acceptors (Lipinski definition) is 2. The second kappa shape index (κ2) is 6.85. The third kappa shape index (κ3) is 3.69. The van der Waals surface area contributed by atoms with Crippen molar-refractivity contribution < 1.29 is 19.1 Å². The van der Waals surface area contributed by atoms with E-state index in [4.69, 9.17) is 5.11 Å². The molecule has 0 bridgehead atoms. The fraction of sp³-hybridized carbons (Fsp3) is 0.176. The lowest BCUT2D eigenvalue weighted by Gasteiger charge is -2.17. The summed E-state index contributed by atoms with van der Waals surface area (Å²) >= 11 is 0. The van der Waals surface area contributed by atoms with E-state index in [1.54, 1.807) is 25.2 Å². The smallest absolute Gasteiger partial charge is 0.335 e. The number of amides is 1. The minimum Gasteiger partial charge on any atom is -0.478 e. The standard InChI is InChI=1S/C17H16FNO3/c1-19(11-10-12-4-2-3-5-15(12)18)16(20)13-6-8-14(9-7-13)17(21)22/h2-9H,10-11H2,1H3,(H,21,22). The molecule has 114 valence electrons. The number of aromatic carboxylic acids is 1. The highest BCUT2D eigenvalue weighted by Crippen LogP contribution is 2.10. The van der Waals surface area contributed by atoms with Crippen LogP contribution in [-0.2, 0) is 6.42 Å². The third-order valence-electron chi connectivity index (χ3n) is 3.40. The quantitative estimate of drug-likeness (QED) is 0.924. The summed E-state index contributed by atoms with van der Waals surface area (Å²) in [6.45, 7) is 0.375. The summed E-state index contributed by atoms with van der Waals surface area (Å²) in [5, 5.41) is 8.83. The first-order valence-corrected chi connectivity index (χ1v) is 6.81. The zero-order valence-electron chi connectivity index (χ0n) is 12.1. The molecule has 0 aliphatic rings. The van der Waals surface area contributed by atoms with Crippen LogP contribution in [0, 0.1) is 5.82 Å². The number of carboxylic acid groups (broad SMARTS) is 1. The molecule has 0 fully saturated rings. The Labute approximate surface area is 127 Å².